The number of nitrogens with zero attached hydrogens (tertiary/aromatic N) is 2. The zero-order chi connectivity index (χ0) is 22.5. The zero-order valence-electron chi connectivity index (χ0n) is 17.6. The van der Waals surface area contributed by atoms with Gasteiger partial charge in [-0.05, 0) is 24.6 Å². The van der Waals surface area contributed by atoms with Crippen molar-refractivity contribution >= 4 is 27.5 Å². The molecule has 0 saturated carbocycles. The maximum absolute atomic E-state index is 13.1. The molecule has 0 fully saturated rings. The first-order valence-electron chi connectivity index (χ1n) is 10.1. The molecule has 0 spiro atoms. The van der Waals surface area contributed by atoms with E-state index in [-0.39, 0.29) is 36.8 Å². The smallest absolute Gasteiger partial charge is 0.332 e. The van der Waals surface area contributed by atoms with Crippen molar-refractivity contribution in [1.29, 1.82) is 0 Å². The standard InChI is InChI=1S/C23H25BrN4O3/c1-3-27-22(30)20(19(29)15-26(2)13-17-9-11-18(24)12-10-17)21(25)28(23(27)31)14-16-7-5-4-6-8-16/h4-12H,3,13-15,25H2,1-2H3/p+1. The molecule has 2 aromatic carbocycles. The normalized spacial score (nSPS) is 12.0. The summed E-state index contributed by atoms with van der Waals surface area (Å²) < 4.78 is 3.35. The number of nitrogen functional groups attached to an aromatic ring is 1. The van der Waals surface area contributed by atoms with E-state index in [2.05, 4.69) is 15.9 Å². The Kier molecular flexibility index (Phi) is 7.25. The molecule has 0 radical (unpaired) electrons. The van der Waals surface area contributed by atoms with Crippen molar-refractivity contribution in [1.82, 2.24) is 9.13 Å². The van der Waals surface area contributed by atoms with Crippen molar-refractivity contribution in [3.8, 4) is 0 Å². The molecular weight excluding hydrogens is 460 g/mol. The molecule has 3 N–H and O–H groups in total. The summed E-state index contributed by atoms with van der Waals surface area (Å²) in [5.41, 5.74) is 6.88. The molecule has 0 amide bonds. The predicted octanol–water partition coefficient (Wildman–Crippen LogP) is 1.32. The molecule has 1 aromatic heterocycles. The van der Waals surface area contributed by atoms with Crippen LogP contribution in [0.4, 0.5) is 5.82 Å². The number of quaternary nitrogens is 1. The lowest BCUT2D eigenvalue weighted by molar-refractivity contribution is -0.884. The maximum Gasteiger partial charge on any atom is 0.332 e. The molecule has 162 valence electrons. The van der Waals surface area contributed by atoms with Gasteiger partial charge in [-0.3, -0.25) is 18.7 Å². The molecule has 0 aliphatic rings. The number of hydrogen-bond donors (Lipinski definition) is 2. The van der Waals surface area contributed by atoms with E-state index in [0.717, 1.165) is 25.1 Å². The Hall–Kier alpha value is -2.97. The van der Waals surface area contributed by atoms with E-state index < -0.39 is 11.2 Å². The Bertz CT molecular complexity index is 1180. The lowest BCUT2D eigenvalue weighted by Gasteiger charge is -2.17. The number of carbonyl (C=O) groups excluding carboxylic acids is 1. The fourth-order valence-corrected chi connectivity index (χ4v) is 3.81. The molecule has 1 atom stereocenters. The highest BCUT2D eigenvalue weighted by molar-refractivity contribution is 9.10. The number of aromatic nitrogens is 2. The van der Waals surface area contributed by atoms with Gasteiger partial charge in [-0.15, -0.1) is 0 Å². The number of nitrogens with one attached hydrogen (secondary N) is 1. The summed E-state index contributed by atoms with van der Waals surface area (Å²) in [5, 5.41) is 0. The molecule has 3 aromatic rings. The summed E-state index contributed by atoms with van der Waals surface area (Å²) in [4.78, 5) is 39.7. The third-order valence-corrected chi connectivity index (χ3v) is 5.66. The van der Waals surface area contributed by atoms with Gasteiger partial charge in [0.15, 0.2) is 0 Å². The van der Waals surface area contributed by atoms with Gasteiger partial charge in [0.2, 0.25) is 5.78 Å². The quantitative estimate of drug-likeness (QED) is 0.470. The van der Waals surface area contributed by atoms with Gasteiger partial charge >= 0.3 is 5.69 Å². The Labute approximate surface area is 188 Å². The second-order valence-electron chi connectivity index (χ2n) is 7.52. The second kappa shape index (κ2) is 9.89. The fourth-order valence-electron chi connectivity index (χ4n) is 3.55. The third kappa shape index (κ3) is 5.21. The fraction of sp³-hybridized carbons (Fsp3) is 0.261. The summed E-state index contributed by atoms with van der Waals surface area (Å²) in [6.45, 7) is 2.75. The minimum absolute atomic E-state index is 0.0787. The van der Waals surface area contributed by atoms with Gasteiger partial charge in [-0.2, -0.15) is 0 Å². The van der Waals surface area contributed by atoms with Crippen LogP contribution in [-0.4, -0.2) is 28.5 Å². The summed E-state index contributed by atoms with van der Waals surface area (Å²) in [7, 11) is 1.88. The van der Waals surface area contributed by atoms with Crippen molar-refractivity contribution in [2.45, 2.75) is 26.6 Å². The molecule has 0 aliphatic heterocycles. The van der Waals surface area contributed by atoms with E-state index in [1.807, 2.05) is 61.6 Å². The Morgan fingerprint density at radius 2 is 1.65 bits per heavy atom. The number of ketones is 1. The van der Waals surface area contributed by atoms with E-state index in [0.29, 0.717) is 6.54 Å². The zero-order valence-corrected chi connectivity index (χ0v) is 19.2. The van der Waals surface area contributed by atoms with Crippen LogP contribution in [0.5, 0.6) is 0 Å². The Morgan fingerprint density at radius 1 is 1.00 bits per heavy atom. The molecule has 1 unspecified atom stereocenters. The van der Waals surface area contributed by atoms with E-state index in [1.165, 1.54) is 4.57 Å². The minimum Gasteiger partial charge on any atom is -0.384 e. The molecule has 0 bridgehead atoms. The highest BCUT2D eigenvalue weighted by Crippen LogP contribution is 2.11. The number of nitrogens with two attached hydrogens (primary N) is 1. The van der Waals surface area contributed by atoms with Crippen molar-refractivity contribution < 1.29 is 9.69 Å². The first-order valence-corrected chi connectivity index (χ1v) is 10.9. The molecule has 8 heteroatoms. The molecule has 3 rings (SSSR count). The summed E-state index contributed by atoms with van der Waals surface area (Å²) >= 11 is 3.41. The number of benzene rings is 2. The summed E-state index contributed by atoms with van der Waals surface area (Å²) in [5.74, 6) is -0.453. The van der Waals surface area contributed by atoms with Crippen LogP contribution in [0.25, 0.3) is 0 Å². The first-order chi connectivity index (χ1) is 14.8. The Balaban J connectivity index is 1.92. The maximum atomic E-state index is 13.1. The Morgan fingerprint density at radius 3 is 2.26 bits per heavy atom. The lowest BCUT2D eigenvalue weighted by atomic mass is 10.1. The van der Waals surface area contributed by atoms with Crippen LogP contribution in [0.2, 0.25) is 0 Å². The van der Waals surface area contributed by atoms with Crippen LogP contribution in [0.15, 0.2) is 68.7 Å². The number of likely N-dealkylation sites (N-methyl/N-ethyl adjacent to an activating group) is 1. The largest absolute Gasteiger partial charge is 0.384 e. The van der Waals surface area contributed by atoms with Crippen LogP contribution >= 0.6 is 15.9 Å². The molecule has 0 aliphatic carbocycles. The van der Waals surface area contributed by atoms with Crippen LogP contribution in [0, 0.1) is 0 Å². The highest BCUT2D eigenvalue weighted by Gasteiger charge is 2.24. The number of anilines is 1. The van der Waals surface area contributed by atoms with E-state index in [1.54, 1.807) is 6.92 Å². The predicted molar refractivity (Wildman–Crippen MR) is 125 cm³/mol. The van der Waals surface area contributed by atoms with E-state index in [4.69, 9.17) is 5.73 Å². The molecule has 31 heavy (non-hydrogen) atoms. The van der Waals surface area contributed by atoms with Crippen LogP contribution in [0.1, 0.15) is 28.4 Å². The SMILES string of the molecule is CCn1c(=O)c(C(=O)C[NH+](C)Cc2ccc(Br)cc2)c(N)n(Cc2ccccc2)c1=O. The van der Waals surface area contributed by atoms with Crippen molar-refractivity contribution in [2.24, 2.45) is 0 Å². The van der Waals surface area contributed by atoms with Crippen molar-refractivity contribution in [3.63, 3.8) is 0 Å². The van der Waals surface area contributed by atoms with E-state index in [9.17, 15) is 14.4 Å². The highest BCUT2D eigenvalue weighted by atomic mass is 79.9. The van der Waals surface area contributed by atoms with Crippen molar-refractivity contribution in [3.05, 3.63) is 96.6 Å². The molecule has 0 saturated heterocycles. The second-order valence-corrected chi connectivity index (χ2v) is 8.44. The average Bonchev–Trinajstić information content (AvgIpc) is 2.74. The number of halogens is 1. The van der Waals surface area contributed by atoms with Gasteiger partial charge in [0.25, 0.3) is 5.56 Å². The molecule has 7 nitrogen and oxygen atoms in total. The first kappa shape index (κ1) is 22.7. The van der Waals surface area contributed by atoms with Gasteiger partial charge in [-0.1, -0.05) is 58.4 Å². The monoisotopic (exact) mass is 485 g/mol. The van der Waals surface area contributed by atoms with Gasteiger partial charge < -0.3 is 10.6 Å². The number of Topliss-reactive ketones (excluding diaryl/α,β-unsaturated/α-hetero) is 1. The number of carbonyl (C=O) groups is 1. The molecular formula is C23H26BrN4O3+. The summed E-state index contributed by atoms with van der Waals surface area (Å²) in [6, 6.07) is 17.2. The number of hydrogen-bond acceptors (Lipinski definition) is 4. The van der Waals surface area contributed by atoms with Crippen LogP contribution < -0.4 is 21.9 Å². The average molecular weight is 486 g/mol. The van der Waals surface area contributed by atoms with Crippen LogP contribution in [0.3, 0.4) is 0 Å². The minimum atomic E-state index is -0.629. The van der Waals surface area contributed by atoms with Gasteiger partial charge in [-0.25, -0.2) is 4.79 Å². The third-order valence-electron chi connectivity index (χ3n) is 5.13. The van der Waals surface area contributed by atoms with Gasteiger partial charge in [0, 0.05) is 16.6 Å². The van der Waals surface area contributed by atoms with Crippen molar-refractivity contribution in [2.75, 3.05) is 19.3 Å². The number of rotatable bonds is 8. The van der Waals surface area contributed by atoms with Gasteiger partial charge in [0.05, 0.1) is 13.6 Å². The topological polar surface area (TPSA) is 91.5 Å². The van der Waals surface area contributed by atoms with E-state index >= 15 is 0 Å². The lowest BCUT2D eigenvalue weighted by Crippen LogP contribution is -3.08. The summed E-state index contributed by atoms with van der Waals surface area (Å²) in [6.07, 6.45) is 0. The van der Waals surface area contributed by atoms with Gasteiger partial charge in [0.1, 0.15) is 24.5 Å². The molecule has 1 heterocycles. The van der Waals surface area contributed by atoms with Crippen LogP contribution in [-0.2, 0) is 19.6 Å².